The van der Waals surface area contributed by atoms with Crippen LogP contribution < -0.4 is 11.1 Å². The van der Waals surface area contributed by atoms with Crippen molar-refractivity contribution in [2.24, 2.45) is 11.7 Å². The lowest BCUT2D eigenvalue weighted by atomic mass is 10.0. The van der Waals surface area contributed by atoms with Gasteiger partial charge >= 0.3 is 5.97 Å². The summed E-state index contributed by atoms with van der Waals surface area (Å²) in [6, 6.07) is 3.33. The summed E-state index contributed by atoms with van der Waals surface area (Å²) in [5.41, 5.74) is 7.01. The molecule has 1 aromatic rings. The Morgan fingerprint density at radius 1 is 1.40 bits per heavy atom. The fraction of sp³-hybridized carbons (Fsp3) is 0.467. The van der Waals surface area contributed by atoms with Gasteiger partial charge < -0.3 is 16.2 Å². The van der Waals surface area contributed by atoms with Gasteiger partial charge in [0.1, 0.15) is 0 Å². The minimum absolute atomic E-state index is 0.197. The van der Waals surface area contributed by atoms with Crippen LogP contribution in [0.1, 0.15) is 52.5 Å². The van der Waals surface area contributed by atoms with Crippen molar-refractivity contribution >= 4 is 17.6 Å². The molecule has 1 aliphatic carbocycles. The molecule has 1 aliphatic rings. The van der Waals surface area contributed by atoms with Crippen molar-refractivity contribution in [2.75, 3.05) is 5.32 Å². The first-order chi connectivity index (χ1) is 9.43. The number of hydrogen-bond donors (Lipinski definition) is 3. The number of carbonyl (C=O) groups is 2. The normalized spacial score (nSPS) is 15.7. The highest BCUT2D eigenvalue weighted by molar-refractivity contribution is 6.01. The van der Waals surface area contributed by atoms with Gasteiger partial charge in [-0.25, -0.2) is 4.79 Å². The van der Waals surface area contributed by atoms with E-state index in [9.17, 15) is 14.7 Å². The first kappa shape index (κ1) is 14.4. The van der Waals surface area contributed by atoms with Crippen LogP contribution in [0.5, 0.6) is 0 Å². The van der Waals surface area contributed by atoms with Gasteiger partial charge in [0.15, 0.2) is 0 Å². The van der Waals surface area contributed by atoms with Gasteiger partial charge in [-0.1, -0.05) is 6.92 Å². The Morgan fingerprint density at radius 3 is 2.50 bits per heavy atom. The zero-order valence-electron chi connectivity index (χ0n) is 11.8. The Kier molecular flexibility index (Phi) is 3.97. The summed E-state index contributed by atoms with van der Waals surface area (Å²) in [7, 11) is 0. The Hall–Kier alpha value is -2.04. The Labute approximate surface area is 118 Å². The van der Waals surface area contributed by atoms with Crippen molar-refractivity contribution in [1.29, 1.82) is 0 Å². The van der Waals surface area contributed by atoms with Crippen LogP contribution in [0.2, 0.25) is 0 Å². The molecule has 2 rings (SSSR count). The number of nitrogens with two attached hydrogens (primary N) is 1. The molecule has 0 aromatic heterocycles. The lowest BCUT2D eigenvalue weighted by molar-refractivity contribution is 0.0695. The third-order valence-electron chi connectivity index (χ3n) is 3.83. The highest BCUT2D eigenvalue weighted by Gasteiger charge is 2.30. The summed E-state index contributed by atoms with van der Waals surface area (Å²) in [6.45, 7) is 3.74. The van der Waals surface area contributed by atoms with Crippen LogP contribution in [-0.2, 0) is 0 Å². The quantitative estimate of drug-likeness (QED) is 0.743. The number of anilines is 1. The number of nitrogens with one attached hydrogen (secondary N) is 1. The number of aromatic carboxylic acids is 1. The maximum absolute atomic E-state index is 11.5. The zero-order chi connectivity index (χ0) is 14.9. The van der Waals surface area contributed by atoms with Crippen molar-refractivity contribution in [3.05, 3.63) is 28.8 Å². The summed E-state index contributed by atoms with van der Waals surface area (Å²) < 4.78 is 0. The number of rotatable bonds is 6. The maximum Gasteiger partial charge on any atom is 0.336 e. The van der Waals surface area contributed by atoms with Gasteiger partial charge in [-0.3, -0.25) is 4.79 Å². The molecule has 1 unspecified atom stereocenters. The van der Waals surface area contributed by atoms with Crippen molar-refractivity contribution in [2.45, 2.75) is 39.2 Å². The van der Waals surface area contributed by atoms with Crippen LogP contribution >= 0.6 is 0 Å². The minimum Gasteiger partial charge on any atom is -0.478 e. The second-order valence-corrected chi connectivity index (χ2v) is 5.38. The third-order valence-corrected chi connectivity index (χ3v) is 3.83. The van der Waals surface area contributed by atoms with Gasteiger partial charge in [0.2, 0.25) is 0 Å². The van der Waals surface area contributed by atoms with E-state index in [-0.39, 0.29) is 11.6 Å². The molecule has 0 bridgehead atoms. The predicted molar refractivity (Wildman–Crippen MR) is 77.1 cm³/mol. The van der Waals surface area contributed by atoms with Crippen molar-refractivity contribution in [3.8, 4) is 0 Å². The standard InChI is InChI=1S/C15H20N2O3/c1-3-12(9-4-5-9)17-13-7-10(15(19)20)8(2)6-11(13)14(16)18/h6-7,9,12,17H,3-5H2,1-2H3,(H2,16,18)(H,19,20). The van der Waals surface area contributed by atoms with Gasteiger partial charge in [-0.05, 0) is 49.8 Å². The predicted octanol–water partition coefficient (Wildman–Crippen LogP) is 2.39. The molecule has 108 valence electrons. The molecule has 0 saturated heterocycles. The topological polar surface area (TPSA) is 92.4 Å². The summed E-state index contributed by atoms with van der Waals surface area (Å²) in [6.07, 6.45) is 3.28. The highest BCUT2D eigenvalue weighted by Crippen LogP contribution is 2.36. The van der Waals surface area contributed by atoms with E-state index >= 15 is 0 Å². The van der Waals surface area contributed by atoms with E-state index in [1.165, 1.54) is 18.9 Å². The Balaban J connectivity index is 2.39. The van der Waals surface area contributed by atoms with Crippen molar-refractivity contribution < 1.29 is 14.7 Å². The second kappa shape index (κ2) is 5.53. The Bertz CT molecular complexity index is 550. The van der Waals surface area contributed by atoms with E-state index in [4.69, 9.17) is 5.73 Å². The third kappa shape index (κ3) is 2.92. The molecule has 1 amide bonds. The van der Waals surface area contributed by atoms with Crippen LogP contribution in [0, 0.1) is 12.8 Å². The van der Waals surface area contributed by atoms with Crippen LogP contribution in [-0.4, -0.2) is 23.0 Å². The van der Waals surface area contributed by atoms with E-state index in [0.717, 1.165) is 6.42 Å². The molecular weight excluding hydrogens is 256 g/mol. The molecule has 0 aliphatic heterocycles. The molecular formula is C15H20N2O3. The largest absolute Gasteiger partial charge is 0.478 e. The van der Waals surface area contributed by atoms with Gasteiger partial charge in [0.25, 0.3) is 5.91 Å². The van der Waals surface area contributed by atoms with E-state index in [1.807, 2.05) is 0 Å². The smallest absolute Gasteiger partial charge is 0.336 e. The van der Waals surface area contributed by atoms with Crippen LogP contribution in [0.25, 0.3) is 0 Å². The summed E-state index contributed by atoms with van der Waals surface area (Å²) in [5, 5.41) is 12.5. The van der Waals surface area contributed by atoms with Gasteiger partial charge in [0.05, 0.1) is 11.1 Å². The fourth-order valence-corrected chi connectivity index (χ4v) is 2.51. The van der Waals surface area contributed by atoms with Gasteiger partial charge in [0, 0.05) is 11.7 Å². The molecule has 0 heterocycles. The number of hydrogen-bond acceptors (Lipinski definition) is 3. The van der Waals surface area contributed by atoms with Crippen molar-refractivity contribution in [1.82, 2.24) is 0 Å². The van der Waals surface area contributed by atoms with E-state index in [0.29, 0.717) is 22.7 Å². The molecule has 4 N–H and O–H groups in total. The minimum atomic E-state index is -0.999. The number of amides is 1. The van der Waals surface area contributed by atoms with E-state index in [1.54, 1.807) is 13.0 Å². The maximum atomic E-state index is 11.5. The lowest BCUT2D eigenvalue weighted by Crippen LogP contribution is -2.24. The highest BCUT2D eigenvalue weighted by atomic mass is 16.4. The molecule has 1 aromatic carbocycles. The van der Waals surface area contributed by atoms with Crippen LogP contribution in [0.4, 0.5) is 5.69 Å². The van der Waals surface area contributed by atoms with E-state index in [2.05, 4.69) is 12.2 Å². The second-order valence-electron chi connectivity index (χ2n) is 5.38. The number of primary amides is 1. The molecule has 20 heavy (non-hydrogen) atoms. The number of benzene rings is 1. The monoisotopic (exact) mass is 276 g/mol. The Morgan fingerprint density at radius 2 is 2.05 bits per heavy atom. The van der Waals surface area contributed by atoms with Crippen LogP contribution in [0.3, 0.4) is 0 Å². The SMILES string of the molecule is CCC(Nc1cc(C(=O)O)c(C)cc1C(N)=O)C1CC1. The molecule has 1 fully saturated rings. The number of aryl methyl sites for hydroxylation is 1. The first-order valence-corrected chi connectivity index (χ1v) is 6.88. The lowest BCUT2D eigenvalue weighted by Gasteiger charge is -2.20. The average molecular weight is 276 g/mol. The molecule has 0 radical (unpaired) electrons. The van der Waals surface area contributed by atoms with Crippen LogP contribution in [0.15, 0.2) is 12.1 Å². The summed E-state index contributed by atoms with van der Waals surface area (Å²) in [5.74, 6) is -0.936. The molecule has 5 heteroatoms. The fourth-order valence-electron chi connectivity index (χ4n) is 2.51. The molecule has 1 atom stereocenters. The van der Waals surface area contributed by atoms with Crippen molar-refractivity contribution in [3.63, 3.8) is 0 Å². The molecule has 0 spiro atoms. The van der Waals surface area contributed by atoms with Gasteiger partial charge in [-0.2, -0.15) is 0 Å². The molecule has 5 nitrogen and oxygen atoms in total. The average Bonchev–Trinajstić information content (AvgIpc) is 3.20. The number of carbonyl (C=O) groups excluding carboxylic acids is 1. The van der Waals surface area contributed by atoms with E-state index < -0.39 is 11.9 Å². The summed E-state index contributed by atoms with van der Waals surface area (Å²) >= 11 is 0. The van der Waals surface area contributed by atoms with Gasteiger partial charge in [-0.15, -0.1) is 0 Å². The number of carboxylic acid groups (broad SMARTS) is 1. The first-order valence-electron chi connectivity index (χ1n) is 6.88. The molecule has 1 saturated carbocycles. The summed E-state index contributed by atoms with van der Waals surface area (Å²) in [4.78, 5) is 22.8. The number of carboxylic acids is 1. The zero-order valence-corrected chi connectivity index (χ0v) is 11.8.